The first-order valence-electron chi connectivity index (χ1n) is 23.6. The Morgan fingerprint density at radius 2 is 1.57 bits per heavy atom. The number of amides is 5. The summed E-state index contributed by atoms with van der Waals surface area (Å²) >= 11 is 11.8. The predicted octanol–water partition coefficient (Wildman–Crippen LogP) is 5.11. The minimum absolute atomic E-state index is 0.00962. The van der Waals surface area contributed by atoms with Crippen LogP contribution in [0, 0.1) is 5.82 Å². The van der Waals surface area contributed by atoms with Gasteiger partial charge in [0.2, 0.25) is 34.9 Å². The number of sulfonamides is 1. The van der Waals surface area contributed by atoms with E-state index in [4.69, 9.17) is 52.1 Å². The second kappa shape index (κ2) is 33.1. The van der Waals surface area contributed by atoms with E-state index in [1.807, 2.05) is 26.1 Å². The Labute approximate surface area is 474 Å². The van der Waals surface area contributed by atoms with Crippen LogP contribution in [0.3, 0.4) is 0 Å². The van der Waals surface area contributed by atoms with Gasteiger partial charge in [0.05, 0.1) is 74.3 Å². The van der Waals surface area contributed by atoms with E-state index in [9.17, 15) is 46.2 Å². The second-order valence-corrected chi connectivity index (χ2v) is 23.8. The maximum absolute atomic E-state index is 14.3. The molecule has 0 spiro atoms. The summed E-state index contributed by atoms with van der Waals surface area (Å²) in [5.74, 6) is -2.17. The van der Waals surface area contributed by atoms with Gasteiger partial charge in [0, 0.05) is 38.9 Å². The van der Waals surface area contributed by atoms with Crippen molar-refractivity contribution in [3.8, 4) is 17.5 Å². The van der Waals surface area contributed by atoms with Crippen LogP contribution in [0.1, 0.15) is 70.7 Å². The lowest BCUT2D eigenvalue weighted by Crippen LogP contribution is -2.36. The first kappa shape index (κ1) is 69.4. The SMILES string of the molecule is CC(C)=C1OC(=O)N(c2cc(OC3CCCC3)c(Cl)cc2F)C1=O.CCNc1nc(Cl)nc(NC(C)C)n1.COc1cc(OC)nc(NC(=O)NS(=O)(=O)c2ncccc2C(=O)N(C)C)n1.C[S+](C)C.O=C(O)CNCP(=O)([O-])O. The molecule has 1 aliphatic heterocycles. The van der Waals surface area contributed by atoms with Crippen LogP contribution in [0.15, 0.2) is 52.9 Å². The lowest BCUT2D eigenvalue weighted by molar-refractivity contribution is -0.193. The van der Waals surface area contributed by atoms with Crippen molar-refractivity contribution in [2.24, 2.45) is 0 Å². The molecule has 2 fully saturated rings. The second-order valence-electron chi connectivity index (χ2n) is 17.4. The minimum atomic E-state index is -4.46. The predicted molar refractivity (Wildman–Crippen MR) is 297 cm³/mol. The molecule has 28 nitrogen and oxygen atoms in total. The van der Waals surface area contributed by atoms with Crippen molar-refractivity contribution in [2.45, 2.75) is 77.5 Å². The third-order valence-electron chi connectivity index (χ3n) is 9.22. The van der Waals surface area contributed by atoms with E-state index in [1.165, 1.54) is 63.7 Å². The Bertz CT molecular complexity index is 2950. The highest BCUT2D eigenvalue weighted by Crippen LogP contribution is 2.38. The zero-order valence-electron chi connectivity index (χ0n) is 45.7. The van der Waals surface area contributed by atoms with Crippen molar-refractivity contribution in [2.75, 3.05) is 87.3 Å². The van der Waals surface area contributed by atoms with Gasteiger partial charge in [-0.05, 0) is 107 Å². The molecular weight excluding hydrogens is 1160 g/mol. The van der Waals surface area contributed by atoms with Gasteiger partial charge >= 0.3 is 24.0 Å². The number of aromatic nitrogens is 6. The minimum Gasteiger partial charge on any atom is -0.778 e. The highest BCUT2D eigenvalue weighted by atomic mass is 35.5. The van der Waals surface area contributed by atoms with Crippen LogP contribution in [-0.4, -0.2) is 162 Å². The van der Waals surface area contributed by atoms with Crippen LogP contribution in [0.2, 0.25) is 10.3 Å². The summed E-state index contributed by atoms with van der Waals surface area (Å²) in [7, 11) is -2.56. The molecule has 4 heterocycles. The number of nitrogens with one attached hydrogen (secondary N) is 5. The largest absolute Gasteiger partial charge is 0.778 e. The molecule has 80 heavy (non-hydrogen) atoms. The monoisotopic (exact) mass is 1220 g/mol. The van der Waals surface area contributed by atoms with Crippen LogP contribution in [0.5, 0.6) is 17.5 Å². The molecule has 3 aromatic heterocycles. The maximum Gasteiger partial charge on any atom is 0.427 e. The number of hydrogen-bond acceptors (Lipinski definition) is 22. The molecule has 1 aromatic carbocycles. The number of pyridine rings is 1. The molecule has 0 bridgehead atoms. The van der Waals surface area contributed by atoms with E-state index in [0.29, 0.717) is 33.3 Å². The number of carbonyl (C=O) groups excluding carboxylic acids is 4. The first-order valence-corrected chi connectivity index (χ1v) is 30.0. The fourth-order valence-corrected chi connectivity index (χ4v) is 7.83. The van der Waals surface area contributed by atoms with Crippen molar-refractivity contribution in [1.29, 1.82) is 0 Å². The average Bonchev–Trinajstić information content (AvgIpc) is 3.97. The Morgan fingerprint density at radius 3 is 2.08 bits per heavy atom. The van der Waals surface area contributed by atoms with Gasteiger partial charge in [0.1, 0.15) is 19.2 Å². The molecule has 7 N–H and O–H groups in total. The van der Waals surface area contributed by atoms with Crippen molar-refractivity contribution in [3.63, 3.8) is 0 Å². The lowest BCUT2D eigenvalue weighted by Gasteiger charge is -2.18. The topological polar surface area (TPSA) is 381 Å². The number of allylic oxidation sites excluding steroid dienone is 1. The smallest absolute Gasteiger partial charge is 0.427 e. The van der Waals surface area contributed by atoms with Gasteiger partial charge in [0.15, 0.2) is 10.8 Å². The highest BCUT2D eigenvalue weighted by Gasteiger charge is 2.40. The Kier molecular flexibility index (Phi) is 28.7. The molecule has 5 amide bonds. The number of rotatable bonds is 17. The Morgan fingerprint density at radius 1 is 0.988 bits per heavy atom. The molecule has 1 saturated heterocycles. The number of cyclic esters (lactones) is 1. The third-order valence-corrected chi connectivity index (χ3v) is 11.6. The fourth-order valence-electron chi connectivity index (χ4n) is 6.04. The van der Waals surface area contributed by atoms with Gasteiger partial charge < -0.3 is 53.9 Å². The maximum atomic E-state index is 14.3. The number of carboxylic acid groups (broad SMARTS) is 1. The molecule has 34 heteroatoms. The molecule has 2 aliphatic rings. The summed E-state index contributed by atoms with van der Waals surface area (Å²) in [6.45, 7) is 9.52. The third kappa shape index (κ3) is 24.3. The average molecular weight is 1230 g/mol. The lowest BCUT2D eigenvalue weighted by atomic mass is 10.2. The van der Waals surface area contributed by atoms with E-state index < -0.39 is 71.2 Å². The van der Waals surface area contributed by atoms with Gasteiger partial charge in [-0.3, -0.25) is 25.0 Å². The summed E-state index contributed by atoms with van der Waals surface area (Å²) in [6.07, 6.45) is 10.1. The van der Waals surface area contributed by atoms with Crippen molar-refractivity contribution in [1.82, 2.24) is 44.8 Å². The standard InChI is InChI=1S/C17H17ClFNO4.C15H18N6O6S.C8H14ClN5.C3H8NO5P.C3H9S/c1-9(2)15-16(21)20(17(22)24-15)13-8-14(11(18)7-12(13)19)23-10-5-3-4-6-10;1-21(2)13(22)9-6-5-7-16-12(9)28(24,25)20-15(23)19-14-17-10(26-3)8-11(18-14)27-4;1-4-10-7-12-6(9)13-8(14-7)11-5(2)3;5-3(6)1-4-2-10(7,8)9;1-4(2)3/h7-8,10H,3-6H2,1-2H3;5-8H,1-4H3,(H2,17,18,19,20,23);5H,4H2,1-3H3,(H2,10,11,12,13,14);4H,1-2H2,(H,5,6)(H2,7,8,9);1-3H3/q;;;;+1/p-1. The number of hydrogen-bond donors (Lipinski definition) is 7. The highest BCUT2D eigenvalue weighted by molar-refractivity contribution is 7.94. The normalized spacial score (nSPS) is 13.5. The quantitative estimate of drug-likeness (QED) is 0.0410. The summed E-state index contributed by atoms with van der Waals surface area (Å²) in [5.41, 5.74) is 0.124. The molecule has 4 aromatic rings. The number of nitrogens with zero attached hydrogens (tertiary/aromatic N) is 8. The molecule has 0 radical (unpaired) electrons. The number of halogens is 3. The number of carbonyl (C=O) groups is 5. The van der Waals surface area contributed by atoms with E-state index in [-0.39, 0.29) is 62.9 Å². The number of urea groups is 1. The summed E-state index contributed by atoms with van der Waals surface area (Å²) in [4.78, 5) is 102. The van der Waals surface area contributed by atoms with E-state index in [2.05, 4.69) is 64.6 Å². The van der Waals surface area contributed by atoms with E-state index in [0.717, 1.165) is 38.3 Å². The zero-order chi connectivity index (χ0) is 60.7. The van der Waals surface area contributed by atoms with Gasteiger partial charge in [-0.25, -0.2) is 28.6 Å². The van der Waals surface area contributed by atoms with E-state index >= 15 is 0 Å². The molecular formula is C46H65Cl2FN13O15PS2. The molecule has 6 rings (SSSR count). The number of imide groups is 1. The molecule has 1 unspecified atom stereocenters. The molecule has 1 atom stereocenters. The van der Waals surface area contributed by atoms with Gasteiger partial charge in [-0.1, -0.05) is 11.6 Å². The van der Waals surface area contributed by atoms with E-state index in [1.54, 1.807) is 18.6 Å². The number of anilines is 4. The van der Waals surface area contributed by atoms with Crippen LogP contribution in [-0.2, 0) is 39.8 Å². The number of benzene rings is 1. The number of carboxylic acids is 1. The summed E-state index contributed by atoms with van der Waals surface area (Å²) in [5, 5.41) is 17.9. The van der Waals surface area contributed by atoms with Gasteiger partial charge in [-0.2, -0.15) is 33.3 Å². The summed E-state index contributed by atoms with van der Waals surface area (Å²) in [6, 6.07) is 5.49. The van der Waals surface area contributed by atoms with Crippen LogP contribution in [0.25, 0.3) is 0 Å². The number of aliphatic carboxylic acids is 1. The fraction of sp³-hybridized carbons (Fsp3) is 0.457. The van der Waals surface area contributed by atoms with Crippen molar-refractivity contribution < 1.29 is 75.2 Å². The van der Waals surface area contributed by atoms with Crippen LogP contribution < -0.4 is 50.0 Å². The number of ether oxygens (including phenoxy) is 4. The zero-order valence-corrected chi connectivity index (χ0v) is 49.8. The Hall–Kier alpha value is -6.73. The van der Waals surface area contributed by atoms with Gasteiger partial charge in [0.25, 0.3) is 15.9 Å². The molecule has 1 saturated carbocycles. The van der Waals surface area contributed by atoms with Gasteiger partial charge in [-0.15, -0.1) is 0 Å². The molecule has 442 valence electrons. The molecule has 1 aliphatic carbocycles. The summed E-state index contributed by atoms with van der Waals surface area (Å²) < 4.78 is 71.7. The number of methoxy groups -OCH3 is 2. The Balaban J connectivity index is 0.000000379. The van der Waals surface area contributed by atoms with Crippen LogP contribution >= 0.6 is 30.8 Å². The van der Waals surface area contributed by atoms with Crippen LogP contribution in [0.4, 0.5) is 37.5 Å². The first-order chi connectivity index (χ1) is 37.3. The van der Waals surface area contributed by atoms with Crippen molar-refractivity contribution >= 4 is 105 Å². The van der Waals surface area contributed by atoms with Crippen molar-refractivity contribution in [3.05, 3.63) is 69.5 Å².